The molecule has 0 saturated heterocycles. The summed E-state index contributed by atoms with van der Waals surface area (Å²) in [4.78, 5) is 0. The lowest BCUT2D eigenvalue weighted by molar-refractivity contribution is 1.17. The molecule has 0 radical (unpaired) electrons. The van der Waals surface area contributed by atoms with Gasteiger partial charge in [0.05, 0.1) is 22.1 Å². The number of anilines is 1. The molecular weight excluding hydrogens is 432 g/mol. The maximum absolute atomic E-state index is 6.05. The number of fused-ring (bicyclic) bond motifs is 6. The zero-order chi connectivity index (χ0) is 22.8. The molecular formula is C31H20N2S. The van der Waals surface area contributed by atoms with Crippen LogP contribution in [0.2, 0.25) is 0 Å². The van der Waals surface area contributed by atoms with E-state index >= 15 is 0 Å². The first-order valence-electron chi connectivity index (χ1n) is 11.3. The molecule has 7 rings (SSSR count). The standard InChI is InChI=1S/C31H20N2S/c1-19-7-6-12-28(33-26-10-4-2-8-22(26)23-9-3-5-11-27(23)33)31(19)20-13-15-24-25-16-14-21(32)18-30(25)34-29(24)17-20/h2,4-8,10-18H,32H2,1H3. The normalized spacial score (nSPS) is 11.6. The molecule has 0 unspecified atom stereocenters. The minimum Gasteiger partial charge on any atom is -0.399 e. The topological polar surface area (TPSA) is 30.9 Å². The van der Waals surface area contributed by atoms with E-state index in [9.17, 15) is 0 Å². The first kappa shape index (κ1) is 19.2. The number of rotatable bonds is 2. The number of benzene rings is 4. The average Bonchev–Trinajstić information content (AvgIpc) is 3.38. The van der Waals surface area contributed by atoms with Crippen LogP contribution in [0.1, 0.15) is 5.56 Å². The Morgan fingerprint density at radius 2 is 1.59 bits per heavy atom. The van der Waals surface area contributed by atoms with E-state index in [1.54, 1.807) is 11.3 Å². The van der Waals surface area contributed by atoms with E-state index < -0.39 is 0 Å². The summed E-state index contributed by atoms with van der Waals surface area (Å²) in [7, 11) is 0. The fourth-order valence-corrected chi connectivity index (χ4v) is 6.40. The third-order valence-electron chi connectivity index (χ3n) is 6.71. The first-order valence-corrected chi connectivity index (χ1v) is 12.1. The number of para-hydroxylation sites is 1. The molecule has 0 fully saturated rings. The number of nitrogen functional groups attached to an aromatic ring is 1. The van der Waals surface area contributed by atoms with Gasteiger partial charge >= 0.3 is 0 Å². The molecule has 0 aliphatic carbocycles. The Morgan fingerprint density at radius 1 is 0.765 bits per heavy atom. The van der Waals surface area contributed by atoms with Crippen molar-refractivity contribution in [2.45, 2.75) is 6.92 Å². The van der Waals surface area contributed by atoms with E-state index in [2.05, 4.69) is 102 Å². The minimum absolute atomic E-state index is 0.806. The molecule has 5 aromatic carbocycles. The number of thiophene rings is 1. The van der Waals surface area contributed by atoms with Crippen molar-refractivity contribution in [2.75, 3.05) is 5.73 Å². The van der Waals surface area contributed by atoms with Gasteiger partial charge in [0.25, 0.3) is 0 Å². The van der Waals surface area contributed by atoms with Crippen LogP contribution in [0.4, 0.5) is 5.69 Å². The number of aromatic nitrogens is 1. The van der Waals surface area contributed by atoms with Gasteiger partial charge in [0.15, 0.2) is 0 Å². The summed E-state index contributed by atoms with van der Waals surface area (Å²) in [6.07, 6.45) is 0. The fraction of sp³-hybridized carbons (Fsp3) is 0.0323. The van der Waals surface area contributed by atoms with Gasteiger partial charge in [0.2, 0.25) is 0 Å². The zero-order valence-corrected chi connectivity index (χ0v) is 19.4. The lowest BCUT2D eigenvalue weighted by atomic mass is 9.97. The molecule has 3 heteroatoms. The minimum atomic E-state index is 0.806. The highest BCUT2D eigenvalue weighted by Crippen LogP contribution is 2.41. The Labute approximate surface area is 201 Å². The molecule has 0 amide bonds. The highest BCUT2D eigenvalue weighted by atomic mass is 32.1. The second-order valence-electron chi connectivity index (χ2n) is 8.75. The summed E-state index contributed by atoms with van der Waals surface area (Å²) in [6, 6.07) is 38.7. The molecule has 0 aliphatic rings. The second kappa shape index (κ2) is 7.12. The largest absolute Gasteiger partial charge is 0.399 e. The van der Waals surface area contributed by atoms with Crippen molar-refractivity contribution in [3.05, 3.63) is 109 Å². The van der Waals surface area contributed by atoms with E-state index in [-0.39, 0.29) is 0 Å². The fourth-order valence-electron chi connectivity index (χ4n) is 5.21. The van der Waals surface area contributed by atoms with Crippen LogP contribution in [0.15, 0.2) is 91.0 Å². The number of nitrogens with two attached hydrogens (primary N) is 1. The molecule has 2 nitrogen and oxygen atoms in total. The van der Waals surface area contributed by atoms with Crippen LogP contribution in [0.25, 0.3) is 58.8 Å². The maximum Gasteiger partial charge on any atom is 0.0632 e. The molecule has 34 heavy (non-hydrogen) atoms. The van der Waals surface area contributed by atoms with Crippen LogP contribution in [0.3, 0.4) is 0 Å². The van der Waals surface area contributed by atoms with Crippen molar-refractivity contribution in [1.29, 1.82) is 0 Å². The highest BCUT2D eigenvalue weighted by Gasteiger charge is 2.17. The number of nitrogens with zero attached hydrogens (tertiary/aromatic N) is 1. The third kappa shape index (κ3) is 2.70. The van der Waals surface area contributed by atoms with Crippen molar-refractivity contribution in [3.8, 4) is 16.8 Å². The van der Waals surface area contributed by atoms with Gasteiger partial charge in [-0.05, 0) is 60.5 Å². The lowest BCUT2D eigenvalue weighted by Gasteiger charge is -2.16. The Morgan fingerprint density at radius 3 is 2.50 bits per heavy atom. The molecule has 0 aliphatic heterocycles. The van der Waals surface area contributed by atoms with Crippen LogP contribution >= 0.6 is 11.3 Å². The van der Waals surface area contributed by atoms with Gasteiger partial charge in [-0.15, -0.1) is 11.3 Å². The first-order chi connectivity index (χ1) is 16.7. The predicted octanol–water partition coefficient (Wildman–Crippen LogP) is 8.31. The van der Waals surface area contributed by atoms with Gasteiger partial charge in [-0.25, -0.2) is 0 Å². The molecule has 0 saturated carbocycles. The Hall–Kier alpha value is -4.26. The molecule has 0 bridgehead atoms. The summed E-state index contributed by atoms with van der Waals surface area (Å²) < 4.78 is 4.87. The summed E-state index contributed by atoms with van der Waals surface area (Å²) in [5, 5.41) is 4.84. The molecule has 2 heterocycles. The molecule has 2 aromatic heterocycles. The van der Waals surface area contributed by atoms with E-state index in [0.717, 1.165) is 16.6 Å². The van der Waals surface area contributed by atoms with Crippen LogP contribution in [-0.2, 0) is 0 Å². The van der Waals surface area contributed by atoms with Gasteiger partial charge in [0.1, 0.15) is 0 Å². The van der Waals surface area contributed by atoms with E-state index in [1.165, 1.54) is 53.5 Å². The van der Waals surface area contributed by atoms with Crippen LogP contribution in [0, 0.1) is 19.1 Å². The van der Waals surface area contributed by atoms with Gasteiger partial charge < -0.3 is 10.3 Å². The Kier molecular flexibility index (Phi) is 4.03. The lowest BCUT2D eigenvalue weighted by Crippen LogP contribution is -1.98. The molecule has 0 atom stereocenters. The van der Waals surface area contributed by atoms with Gasteiger partial charge in [-0.2, -0.15) is 0 Å². The molecule has 0 spiro atoms. The van der Waals surface area contributed by atoms with Crippen LogP contribution < -0.4 is 5.73 Å². The van der Waals surface area contributed by atoms with Gasteiger partial charge in [-0.1, -0.05) is 60.7 Å². The SMILES string of the molecule is Cc1cccc(-n2c3ccc#cc3c3ccccc32)c1-c1ccc2c(c1)sc1cc(N)ccc12. The Bertz CT molecular complexity index is 1830. The summed E-state index contributed by atoms with van der Waals surface area (Å²) in [5.74, 6) is 0. The van der Waals surface area contributed by atoms with Crippen molar-refractivity contribution in [2.24, 2.45) is 0 Å². The predicted molar refractivity (Wildman–Crippen MR) is 146 cm³/mol. The summed E-state index contributed by atoms with van der Waals surface area (Å²) in [5.41, 5.74) is 14.1. The number of hydrogen-bond acceptors (Lipinski definition) is 2. The van der Waals surface area contributed by atoms with Crippen LogP contribution in [0.5, 0.6) is 0 Å². The van der Waals surface area contributed by atoms with Crippen LogP contribution in [-0.4, -0.2) is 4.57 Å². The van der Waals surface area contributed by atoms with Gasteiger partial charge in [-0.3, -0.25) is 0 Å². The average molecular weight is 453 g/mol. The summed E-state index contributed by atoms with van der Waals surface area (Å²) >= 11 is 1.80. The van der Waals surface area contributed by atoms with Crippen molar-refractivity contribution in [1.82, 2.24) is 4.57 Å². The smallest absolute Gasteiger partial charge is 0.0632 e. The molecule has 7 aromatic rings. The van der Waals surface area contributed by atoms with Crippen molar-refractivity contribution < 1.29 is 0 Å². The van der Waals surface area contributed by atoms with E-state index in [0.29, 0.717) is 0 Å². The maximum atomic E-state index is 6.05. The van der Waals surface area contributed by atoms with E-state index in [4.69, 9.17) is 5.73 Å². The van der Waals surface area contributed by atoms with Crippen molar-refractivity contribution in [3.63, 3.8) is 0 Å². The zero-order valence-electron chi connectivity index (χ0n) is 18.6. The third-order valence-corrected chi connectivity index (χ3v) is 7.83. The quantitative estimate of drug-likeness (QED) is 0.263. The monoisotopic (exact) mass is 452 g/mol. The number of hydrogen-bond donors (Lipinski definition) is 1. The van der Waals surface area contributed by atoms with Gasteiger partial charge in [0, 0.05) is 36.8 Å². The second-order valence-corrected chi connectivity index (χ2v) is 9.84. The summed E-state index contributed by atoms with van der Waals surface area (Å²) in [6.45, 7) is 2.20. The van der Waals surface area contributed by atoms with Crippen molar-refractivity contribution >= 4 is 59.0 Å². The molecule has 160 valence electrons. The molecule has 2 N–H and O–H groups in total. The van der Waals surface area contributed by atoms with E-state index in [1.807, 2.05) is 12.1 Å². The highest BCUT2D eigenvalue weighted by molar-refractivity contribution is 7.25. The number of aryl methyl sites for hydroxylation is 1. The Balaban J connectivity index is 1.54.